The number of oxime groups is 1. The molecular weight excluding hydrogens is 180 g/mol. The van der Waals surface area contributed by atoms with Crippen LogP contribution in [-0.2, 0) is 0 Å². The fraction of sp³-hybridized carbons (Fsp3) is 0.900. The lowest BCUT2D eigenvalue weighted by Gasteiger charge is -2.35. The molecule has 1 aliphatic heterocycles. The average molecular weight is 200 g/mol. The third-order valence-corrected chi connectivity index (χ3v) is 2.52. The van der Waals surface area contributed by atoms with Gasteiger partial charge in [0.15, 0.2) is 0 Å². The summed E-state index contributed by atoms with van der Waals surface area (Å²) in [5.41, 5.74) is 0.227. The van der Waals surface area contributed by atoms with Crippen LogP contribution in [0, 0.1) is 5.92 Å². The summed E-state index contributed by atoms with van der Waals surface area (Å²) in [6.07, 6.45) is 0.799. The van der Waals surface area contributed by atoms with Gasteiger partial charge in [0.2, 0.25) is 0 Å². The number of aliphatic hydroxyl groups is 1. The van der Waals surface area contributed by atoms with Crippen LogP contribution in [0.2, 0.25) is 0 Å². The van der Waals surface area contributed by atoms with Gasteiger partial charge in [-0.3, -0.25) is 4.90 Å². The highest BCUT2D eigenvalue weighted by atomic mass is 16.4. The monoisotopic (exact) mass is 200 g/mol. The van der Waals surface area contributed by atoms with E-state index in [0.29, 0.717) is 6.54 Å². The molecule has 0 aliphatic carbocycles. The second-order valence-electron chi connectivity index (χ2n) is 4.79. The van der Waals surface area contributed by atoms with Crippen molar-refractivity contribution in [3.63, 3.8) is 0 Å². The van der Waals surface area contributed by atoms with Gasteiger partial charge < -0.3 is 10.3 Å². The first-order valence-corrected chi connectivity index (χ1v) is 5.08. The standard InChI is InChI=1S/C10H20N2O2/c1-8-6-12(7-10(2,3)13)5-4-9(8)11-14/h8,13-14H,4-7H2,1-3H3. The number of rotatable bonds is 2. The molecule has 0 aromatic heterocycles. The molecular formula is C10H20N2O2. The van der Waals surface area contributed by atoms with E-state index >= 15 is 0 Å². The topological polar surface area (TPSA) is 56.1 Å². The van der Waals surface area contributed by atoms with E-state index in [4.69, 9.17) is 5.21 Å². The normalized spacial score (nSPS) is 28.3. The molecule has 1 atom stereocenters. The van der Waals surface area contributed by atoms with E-state index in [1.54, 1.807) is 0 Å². The molecule has 0 aromatic rings. The van der Waals surface area contributed by atoms with E-state index in [1.165, 1.54) is 0 Å². The van der Waals surface area contributed by atoms with Gasteiger partial charge >= 0.3 is 0 Å². The van der Waals surface area contributed by atoms with Crippen molar-refractivity contribution in [2.45, 2.75) is 32.8 Å². The van der Waals surface area contributed by atoms with Crippen molar-refractivity contribution in [1.29, 1.82) is 0 Å². The molecule has 0 spiro atoms. The lowest BCUT2D eigenvalue weighted by Crippen LogP contribution is -2.46. The van der Waals surface area contributed by atoms with Gasteiger partial charge in [0.1, 0.15) is 0 Å². The average Bonchev–Trinajstić information content (AvgIpc) is 2.01. The lowest BCUT2D eigenvalue weighted by atomic mass is 9.96. The Bertz CT molecular complexity index is 221. The van der Waals surface area contributed by atoms with E-state index in [1.807, 2.05) is 20.8 Å². The Morgan fingerprint density at radius 2 is 2.21 bits per heavy atom. The minimum atomic E-state index is -0.645. The molecule has 0 saturated carbocycles. The maximum atomic E-state index is 9.66. The summed E-state index contributed by atoms with van der Waals surface area (Å²) in [7, 11) is 0. The summed E-state index contributed by atoms with van der Waals surface area (Å²) in [6.45, 7) is 8.08. The van der Waals surface area contributed by atoms with Gasteiger partial charge in [0, 0.05) is 32.0 Å². The van der Waals surface area contributed by atoms with E-state index in [9.17, 15) is 5.11 Å². The number of hydrogen-bond acceptors (Lipinski definition) is 4. The lowest BCUT2D eigenvalue weighted by molar-refractivity contribution is 0.0321. The second-order valence-corrected chi connectivity index (χ2v) is 4.79. The van der Waals surface area contributed by atoms with Crippen molar-refractivity contribution in [2.75, 3.05) is 19.6 Å². The number of β-amino-alcohol motifs (C(OH)–C–C–N with tert-alkyl or cyclic N) is 1. The molecule has 1 aliphatic rings. The molecule has 0 radical (unpaired) electrons. The van der Waals surface area contributed by atoms with Crippen molar-refractivity contribution in [3.05, 3.63) is 0 Å². The maximum absolute atomic E-state index is 9.66. The summed E-state index contributed by atoms with van der Waals surface area (Å²) < 4.78 is 0. The highest BCUT2D eigenvalue weighted by molar-refractivity contribution is 5.86. The molecule has 0 amide bonds. The van der Waals surface area contributed by atoms with Gasteiger partial charge in [0.25, 0.3) is 0 Å². The van der Waals surface area contributed by atoms with Crippen LogP contribution in [0.15, 0.2) is 5.16 Å². The maximum Gasteiger partial charge on any atom is 0.0718 e. The zero-order chi connectivity index (χ0) is 10.8. The summed E-state index contributed by atoms with van der Waals surface area (Å²) in [5, 5.41) is 21.6. The van der Waals surface area contributed by atoms with Crippen molar-refractivity contribution in [3.8, 4) is 0 Å². The number of hydrogen-bond donors (Lipinski definition) is 2. The Hall–Kier alpha value is -0.610. The van der Waals surface area contributed by atoms with Crippen molar-refractivity contribution in [1.82, 2.24) is 4.90 Å². The van der Waals surface area contributed by atoms with Gasteiger partial charge in [0.05, 0.1) is 11.3 Å². The van der Waals surface area contributed by atoms with Gasteiger partial charge in [-0.2, -0.15) is 0 Å². The van der Waals surface area contributed by atoms with Crippen LogP contribution in [-0.4, -0.2) is 46.2 Å². The van der Waals surface area contributed by atoms with Crippen LogP contribution >= 0.6 is 0 Å². The largest absolute Gasteiger partial charge is 0.411 e. The van der Waals surface area contributed by atoms with Crippen LogP contribution < -0.4 is 0 Å². The van der Waals surface area contributed by atoms with Gasteiger partial charge in [-0.15, -0.1) is 0 Å². The third-order valence-electron chi connectivity index (χ3n) is 2.52. The van der Waals surface area contributed by atoms with Crippen molar-refractivity contribution >= 4 is 5.71 Å². The molecule has 1 rings (SSSR count). The zero-order valence-corrected chi connectivity index (χ0v) is 9.19. The first-order valence-electron chi connectivity index (χ1n) is 5.08. The van der Waals surface area contributed by atoms with Gasteiger partial charge in [-0.1, -0.05) is 12.1 Å². The first kappa shape index (κ1) is 11.5. The minimum Gasteiger partial charge on any atom is -0.411 e. The van der Waals surface area contributed by atoms with Gasteiger partial charge in [-0.05, 0) is 13.8 Å². The van der Waals surface area contributed by atoms with Crippen LogP contribution in [0.5, 0.6) is 0 Å². The fourth-order valence-electron chi connectivity index (χ4n) is 1.94. The first-order chi connectivity index (χ1) is 6.42. The molecule has 4 nitrogen and oxygen atoms in total. The van der Waals surface area contributed by atoms with Crippen LogP contribution in [0.1, 0.15) is 27.2 Å². The molecule has 82 valence electrons. The fourth-order valence-corrected chi connectivity index (χ4v) is 1.94. The Morgan fingerprint density at radius 1 is 1.57 bits per heavy atom. The summed E-state index contributed by atoms with van der Waals surface area (Å²) in [6, 6.07) is 0. The molecule has 14 heavy (non-hydrogen) atoms. The Labute approximate surface area is 85.2 Å². The summed E-state index contributed by atoms with van der Waals surface area (Å²) in [4.78, 5) is 2.21. The quantitative estimate of drug-likeness (QED) is 0.515. The highest BCUT2D eigenvalue weighted by Gasteiger charge is 2.26. The van der Waals surface area contributed by atoms with E-state index < -0.39 is 5.60 Å². The number of nitrogens with zero attached hydrogens (tertiary/aromatic N) is 2. The smallest absolute Gasteiger partial charge is 0.0718 e. The molecule has 0 bridgehead atoms. The molecule has 0 aromatic carbocycles. The summed E-state index contributed by atoms with van der Waals surface area (Å²) in [5.74, 6) is 0.288. The van der Waals surface area contributed by atoms with Crippen molar-refractivity contribution in [2.24, 2.45) is 11.1 Å². The molecule has 1 heterocycles. The minimum absolute atomic E-state index is 0.288. The predicted octanol–water partition coefficient (Wildman–Crippen LogP) is 0.929. The van der Waals surface area contributed by atoms with E-state index in [2.05, 4.69) is 10.1 Å². The molecule has 1 unspecified atom stereocenters. The highest BCUT2D eigenvalue weighted by Crippen LogP contribution is 2.16. The Morgan fingerprint density at radius 3 is 2.64 bits per heavy atom. The Balaban J connectivity index is 2.47. The third kappa shape index (κ3) is 3.27. The van der Waals surface area contributed by atoms with Crippen LogP contribution in [0.4, 0.5) is 0 Å². The Kier molecular flexibility index (Phi) is 3.50. The summed E-state index contributed by atoms with van der Waals surface area (Å²) >= 11 is 0. The SMILES string of the molecule is CC1CN(CC(C)(C)O)CCC1=NO. The van der Waals surface area contributed by atoms with E-state index in [0.717, 1.165) is 25.2 Å². The predicted molar refractivity (Wildman–Crippen MR) is 55.7 cm³/mol. The molecule has 2 N–H and O–H groups in total. The van der Waals surface area contributed by atoms with Crippen LogP contribution in [0.3, 0.4) is 0 Å². The molecule has 4 heteroatoms. The van der Waals surface area contributed by atoms with Crippen LogP contribution in [0.25, 0.3) is 0 Å². The van der Waals surface area contributed by atoms with Gasteiger partial charge in [-0.25, -0.2) is 0 Å². The molecule has 1 fully saturated rings. The van der Waals surface area contributed by atoms with E-state index in [-0.39, 0.29) is 5.92 Å². The number of likely N-dealkylation sites (tertiary alicyclic amines) is 1. The molecule has 1 saturated heterocycles. The number of piperidine rings is 1. The van der Waals surface area contributed by atoms with Crippen molar-refractivity contribution < 1.29 is 10.3 Å². The zero-order valence-electron chi connectivity index (χ0n) is 9.19. The second kappa shape index (κ2) is 4.28.